The van der Waals surface area contributed by atoms with Gasteiger partial charge in [-0.1, -0.05) is 52.4 Å². The Morgan fingerprint density at radius 2 is 2.07 bits per heavy atom. The molecule has 1 aliphatic carbocycles. The van der Waals surface area contributed by atoms with Gasteiger partial charge in [0, 0.05) is 12.8 Å². The molecule has 0 unspecified atom stereocenters. The zero-order valence-corrected chi connectivity index (χ0v) is 10.4. The lowest BCUT2D eigenvalue weighted by Crippen LogP contribution is -2.05. The third kappa shape index (κ3) is 5.96. The van der Waals surface area contributed by atoms with Gasteiger partial charge in [0.2, 0.25) is 0 Å². The molecule has 1 rings (SSSR count). The molecule has 88 valence electrons. The first kappa shape index (κ1) is 12.7. The molecule has 1 aliphatic rings. The Morgan fingerprint density at radius 1 is 1.27 bits per heavy atom. The fourth-order valence-corrected chi connectivity index (χ4v) is 2.51. The molecule has 0 aromatic heterocycles. The lowest BCUT2D eigenvalue weighted by molar-refractivity contribution is -0.119. The van der Waals surface area contributed by atoms with E-state index in [4.69, 9.17) is 0 Å². The Hall–Kier alpha value is -0.330. The van der Waals surface area contributed by atoms with Crippen LogP contribution in [0, 0.1) is 11.8 Å². The van der Waals surface area contributed by atoms with Crippen LogP contribution in [0.5, 0.6) is 0 Å². The number of carbonyl (C=O) groups excluding carboxylic acids is 1. The van der Waals surface area contributed by atoms with E-state index in [1.807, 2.05) is 0 Å². The smallest absolute Gasteiger partial charge is 0.133 e. The van der Waals surface area contributed by atoms with Crippen LogP contribution < -0.4 is 0 Å². The van der Waals surface area contributed by atoms with Gasteiger partial charge in [0.1, 0.15) is 5.78 Å². The van der Waals surface area contributed by atoms with Crippen LogP contribution in [-0.2, 0) is 4.79 Å². The van der Waals surface area contributed by atoms with Gasteiger partial charge in [-0.2, -0.15) is 0 Å². The van der Waals surface area contributed by atoms with Crippen LogP contribution in [0.15, 0.2) is 0 Å². The summed E-state index contributed by atoms with van der Waals surface area (Å²) in [6, 6.07) is 0. The van der Waals surface area contributed by atoms with Gasteiger partial charge in [-0.15, -0.1) is 0 Å². The molecule has 0 heterocycles. The average Bonchev–Trinajstić information content (AvgIpc) is 2.37. The Morgan fingerprint density at radius 3 is 2.80 bits per heavy atom. The standard InChI is InChI=1S/C14H26O/c1-12(2)7-3-4-8-13-9-5-6-10-14(15)11-13/h12-13H,3-11H2,1-2H3/t13-/m1/s1. The molecule has 15 heavy (non-hydrogen) atoms. The molecule has 1 fully saturated rings. The molecule has 0 N–H and O–H groups in total. The van der Waals surface area contributed by atoms with Crippen LogP contribution in [0.2, 0.25) is 0 Å². The van der Waals surface area contributed by atoms with Gasteiger partial charge in [0.05, 0.1) is 0 Å². The molecule has 0 radical (unpaired) electrons. The Bertz CT molecular complexity index is 184. The molecule has 1 atom stereocenters. The molecule has 0 bridgehead atoms. The number of hydrogen-bond acceptors (Lipinski definition) is 1. The van der Waals surface area contributed by atoms with Crippen LogP contribution >= 0.6 is 0 Å². The first-order chi connectivity index (χ1) is 7.18. The van der Waals surface area contributed by atoms with Crippen molar-refractivity contribution in [1.29, 1.82) is 0 Å². The SMILES string of the molecule is CC(C)CCCC[C@@H]1CCCCC(=O)C1. The van der Waals surface area contributed by atoms with Gasteiger partial charge < -0.3 is 0 Å². The van der Waals surface area contributed by atoms with Crippen LogP contribution in [0.1, 0.15) is 71.6 Å². The zero-order chi connectivity index (χ0) is 11.1. The summed E-state index contributed by atoms with van der Waals surface area (Å²) in [4.78, 5) is 11.4. The number of unbranched alkanes of at least 4 members (excludes halogenated alkanes) is 1. The van der Waals surface area contributed by atoms with Crippen molar-refractivity contribution in [3.05, 3.63) is 0 Å². The van der Waals surface area contributed by atoms with Gasteiger partial charge in [0.15, 0.2) is 0 Å². The predicted octanol–water partition coefficient (Wildman–Crippen LogP) is 4.35. The predicted molar refractivity (Wildman–Crippen MR) is 64.9 cm³/mol. The van der Waals surface area contributed by atoms with Gasteiger partial charge in [-0.25, -0.2) is 0 Å². The number of ketones is 1. The second-order valence-corrected chi connectivity index (χ2v) is 5.53. The summed E-state index contributed by atoms with van der Waals surface area (Å²) in [5, 5.41) is 0. The molecule has 0 spiro atoms. The Kier molecular flexibility index (Phi) is 5.97. The topological polar surface area (TPSA) is 17.1 Å². The quantitative estimate of drug-likeness (QED) is 0.487. The third-order valence-corrected chi connectivity index (χ3v) is 3.48. The minimum absolute atomic E-state index is 0.515. The average molecular weight is 210 g/mol. The largest absolute Gasteiger partial charge is 0.300 e. The molecule has 1 saturated carbocycles. The van der Waals surface area contributed by atoms with Crippen molar-refractivity contribution >= 4 is 5.78 Å². The number of rotatable bonds is 5. The van der Waals surface area contributed by atoms with Crippen LogP contribution in [0.4, 0.5) is 0 Å². The van der Waals surface area contributed by atoms with E-state index in [1.54, 1.807) is 0 Å². The Labute approximate surface area is 94.6 Å². The highest BCUT2D eigenvalue weighted by molar-refractivity contribution is 5.78. The van der Waals surface area contributed by atoms with Crippen molar-refractivity contribution in [2.24, 2.45) is 11.8 Å². The fourth-order valence-electron chi connectivity index (χ4n) is 2.51. The van der Waals surface area contributed by atoms with Crippen molar-refractivity contribution in [1.82, 2.24) is 0 Å². The second kappa shape index (κ2) is 7.03. The van der Waals surface area contributed by atoms with E-state index in [-0.39, 0.29) is 0 Å². The van der Waals surface area contributed by atoms with E-state index in [0.717, 1.165) is 25.2 Å². The maximum Gasteiger partial charge on any atom is 0.133 e. The van der Waals surface area contributed by atoms with Crippen molar-refractivity contribution in [2.45, 2.75) is 71.6 Å². The van der Waals surface area contributed by atoms with Crippen LogP contribution in [0.3, 0.4) is 0 Å². The van der Waals surface area contributed by atoms with E-state index >= 15 is 0 Å². The highest BCUT2D eigenvalue weighted by Gasteiger charge is 2.16. The lowest BCUT2D eigenvalue weighted by Gasteiger charge is -2.13. The van der Waals surface area contributed by atoms with Crippen molar-refractivity contribution in [3.8, 4) is 0 Å². The summed E-state index contributed by atoms with van der Waals surface area (Å²) in [7, 11) is 0. The van der Waals surface area contributed by atoms with Crippen molar-refractivity contribution in [3.63, 3.8) is 0 Å². The molecular weight excluding hydrogens is 184 g/mol. The molecule has 0 aromatic rings. The summed E-state index contributed by atoms with van der Waals surface area (Å²) >= 11 is 0. The van der Waals surface area contributed by atoms with E-state index in [0.29, 0.717) is 11.7 Å². The number of Topliss-reactive ketones (excluding diaryl/α,β-unsaturated/α-hetero) is 1. The van der Waals surface area contributed by atoms with Crippen LogP contribution in [-0.4, -0.2) is 5.78 Å². The van der Waals surface area contributed by atoms with Gasteiger partial charge >= 0.3 is 0 Å². The zero-order valence-electron chi connectivity index (χ0n) is 10.4. The van der Waals surface area contributed by atoms with Crippen molar-refractivity contribution < 1.29 is 4.79 Å². The monoisotopic (exact) mass is 210 g/mol. The van der Waals surface area contributed by atoms with Gasteiger partial charge in [-0.3, -0.25) is 4.79 Å². The van der Waals surface area contributed by atoms with E-state index in [9.17, 15) is 4.79 Å². The minimum atomic E-state index is 0.515. The highest BCUT2D eigenvalue weighted by atomic mass is 16.1. The summed E-state index contributed by atoms with van der Waals surface area (Å²) in [6.07, 6.45) is 10.8. The summed E-state index contributed by atoms with van der Waals surface area (Å²) in [5.41, 5.74) is 0. The molecular formula is C14H26O. The number of hydrogen-bond donors (Lipinski definition) is 0. The Balaban J connectivity index is 2.11. The molecule has 0 saturated heterocycles. The molecule has 0 aromatic carbocycles. The van der Waals surface area contributed by atoms with E-state index in [1.165, 1.54) is 38.5 Å². The maximum absolute atomic E-state index is 11.4. The van der Waals surface area contributed by atoms with E-state index in [2.05, 4.69) is 13.8 Å². The highest BCUT2D eigenvalue weighted by Crippen LogP contribution is 2.25. The number of carbonyl (C=O) groups is 1. The molecule has 0 amide bonds. The third-order valence-electron chi connectivity index (χ3n) is 3.48. The van der Waals surface area contributed by atoms with Crippen molar-refractivity contribution in [2.75, 3.05) is 0 Å². The van der Waals surface area contributed by atoms with E-state index < -0.39 is 0 Å². The lowest BCUT2D eigenvalue weighted by atomic mass is 9.92. The normalized spacial score (nSPS) is 23.1. The molecule has 1 nitrogen and oxygen atoms in total. The molecule has 0 aliphatic heterocycles. The summed E-state index contributed by atoms with van der Waals surface area (Å²) in [6.45, 7) is 4.57. The summed E-state index contributed by atoms with van der Waals surface area (Å²) < 4.78 is 0. The maximum atomic E-state index is 11.4. The molecule has 1 heteroatoms. The summed E-state index contributed by atoms with van der Waals surface area (Å²) in [5.74, 6) is 2.06. The fraction of sp³-hybridized carbons (Fsp3) is 0.929. The second-order valence-electron chi connectivity index (χ2n) is 5.53. The van der Waals surface area contributed by atoms with Gasteiger partial charge in [0.25, 0.3) is 0 Å². The first-order valence-electron chi connectivity index (χ1n) is 6.70. The van der Waals surface area contributed by atoms with Crippen LogP contribution in [0.25, 0.3) is 0 Å². The first-order valence-corrected chi connectivity index (χ1v) is 6.70. The van der Waals surface area contributed by atoms with Gasteiger partial charge in [-0.05, 0) is 18.3 Å². The minimum Gasteiger partial charge on any atom is -0.300 e.